The number of nitrogens with zero attached hydrogens (tertiary/aromatic N) is 3. The van der Waals surface area contributed by atoms with Crippen molar-refractivity contribution in [3.05, 3.63) is 57.3 Å². The van der Waals surface area contributed by atoms with E-state index in [-0.39, 0.29) is 18.0 Å². The molecule has 0 spiro atoms. The molecule has 2 aromatic rings. The number of aromatic nitrogens is 1. The van der Waals surface area contributed by atoms with E-state index in [1.54, 1.807) is 0 Å². The normalized spacial score (nSPS) is 20.2. The van der Waals surface area contributed by atoms with Gasteiger partial charge in [-0.3, -0.25) is 4.79 Å². The summed E-state index contributed by atoms with van der Waals surface area (Å²) in [6, 6.07) is 12.4. The summed E-state index contributed by atoms with van der Waals surface area (Å²) in [7, 11) is 0. The summed E-state index contributed by atoms with van der Waals surface area (Å²) in [5.41, 5.74) is 3.62. The maximum atomic E-state index is 13.4. The summed E-state index contributed by atoms with van der Waals surface area (Å²) >= 11 is 3.66. The van der Waals surface area contributed by atoms with Crippen molar-refractivity contribution in [2.75, 3.05) is 0 Å². The monoisotopic (exact) mass is 425 g/mol. The summed E-state index contributed by atoms with van der Waals surface area (Å²) in [6.07, 6.45) is 5.79. The van der Waals surface area contributed by atoms with Gasteiger partial charge in [0.2, 0.25) is 0 Å². The number of halogens is 1. The van der Waals surface area contributed by atoms with Gasteiger partial charge in [0.05, 0.1) is 33.5 Å². The van der Waals surface area contributed by atoms with Gasteiger partial charge in [0.25, 0.3) is 5.91 Å². The second kappa shape index (κ2) is 7.16. The van der Waals surface area contributed by atoms with Crippen LogP contribution in [0.3, 0.4) is 0 Å². The lowest BCUT2D eigenvalue weighted by Crippen LogP contribution is -2.40. The van der Waals surface area contributed by atoms with Crippen LogP contribution in [-0.4, -0.2) is 21.4 Å². The third-order valence-electron chi connectivity index (χ3n) is 5.87. The Morgan fingerprint density at radius 2 is 1.81 bits per heavy atom. The highest BCUT2D eigenvalue weighted by Gasteiger charge is 2.45. The van der Waals surface area contributed by atoms with Crippen LogP contribution < -0.4 is 0 Å². The Labute approximate surface area is 168 Å². The van der Waals surface area contributed by atoms with Crippen LogP contribution >= 0.6 is 15.9 Å². The minimum absolute atomic E-state index is 0.0861. The van der Waals surface area contributed by atoms with Crippen molar-refractivity contribution in [1.29, 1.82) is 5.26 Å². The van der Waals surface area contributed by atoms with Gasteiger partial charge >= 0.3 is 0 Å². The van der Waals surface area contributed by atoms with Gasteiger partial charge in [-0.15, -0.1) is 0 Å². The zero-order valence-electron chi connectivity index (χ0n) is 15.8. The van der Waals surface area contributed by atoms with Crippen molar-refractivity contribution < 1.29 is 4.79 Å². The second-order valence-corrected chi connectivity index (χ2v) is 8.68. The van der Waals surface area contributed by atoms with Crippen molar-refractivity contribution in [3.8, 4) is 6.07 Å². The van der Waals surface area contributed by atoms with E-state index in [0.29, 0.717) is 11.6 Å². The molecule has 1 aliphatic heterocycles. The van der Waals surface area contributed by atoms with Crippen LogP contribution in [0.4, 0.5) is 0 Å². The number of carbonyl (C=O) groups is 1. The molecule has 4 nitrogen and oxygen atoms in total. The molecule has 1 atom stereocenters. The van der Waals surface area contributed by atoms with Crippen LogP contribution in [0.25, 0.3) is 0 Å². The first-order valence-electron chi connectivity index (χ1n) is 9.76. The molecule has 27 heavy (non-hydrogen) atoms. The number of nitriles is 1. The number of hydrogen-bond donors (Lipinski definition) is 0. The number of rotatable bonds is 3. The molecule has 5 heteroatoms. The first kappa shape index (κ1) is 18.3. The molecule has 2 aliphatic rings. The van der Waals surface area contributed by atoms with Crippen molar-refractivity contribution in [2.45, 2.75) is 64.1 Å². The maximum absolute atomic E-state index is 13.4. The third-order valence-corrected chi connectivity index (χ3v) is 6.48. The fourth-order valence-electron chi connectivity index (χ4n) is 4.66. The molecule has 0 N–H and O–H groups in total. The van der Waals surface area contributed by atoms with Crippen molar-refractivity contribution in [1.82, 2.24) is 9.47 Å². The standard InChI is InChI=1S/C22H24BrN3O/c1-14(2)25-19(23)12-18-21(25)20(16-10-8-15(13-24)9-11-16)26(22(18)27)17-6-4-3-5-7-17/h8-12,14,17,20H,3-7H2,1-2H3. The molecule has 0 radical (unpaired) electrons. The number of amides is 1. The average molecular weight is 426 g/mol. The van der Waals surface area contributed by atoms with E-state index in [2.05, 4.69) is 45.3 Å². The Morgan fingerprint density at radius 1 is 1.15 bits per heavy atom. The van der Waals surface area contributed by atoms with E-state index in [0.717, 1.165) is 34.3 Å². The van der Waals surface area contributed by atoms with E-state index in [1.165, 1.54) is 19.3 Å². The molecule has 2 heterocycles. The Hall–Kier alpha value is -2.06. The smallest absolute Gasteiger partial charge is 0.256 e. The fraction of sp³-hybridized carbons (Fsp3) is 0.455. The molecule has 1 saturated carbocycles. The van der Waals surface area contributed by atoms with Crippen LogP contribution in [0.1, 0.15) is 85.2 Å². The summed E-state index contributed by atoms with van der Waals surface area (Å²) in [5, 5.41) is 9.14. The van der Waals surface area contributed by atoms with E-state index < -0.39 is 0 Å². The highest BCUT2D eigenvalue weighted by Crippen LogP contribution is 2.45. The fourth-order valence-corrected chi connectivity index (χ4v) is 5.49. The molecule has 1 aromatic carbocycles. The predicted molar refractivity (Wildman–Crippen MR) is 109 cm³/mol. The molecular weight excluding hydrogens is 402 g/mol. The van der Waals surface area contributed by atoms with Crippen LogP contribution in [0.15, 0.2) is 34.9 Å². The molecule has 1 unspecified atom stereocenters. The summed E-state index contributed by atoms with van der Waals surface area (Å²) in [4.78, 5) is 15.6. The van der Waals surface area contributed by atoms with Crippen LogP contribution in [0.2, 0.25) is 0 Å². The summed E-state index contributed by atoms with van der Waals surface area (Å²) in [6.45, 7) is 4.29. The zero-order valence-corrected chi connectivity index (χ0v) is 17.4. The highest BCUT2D eigenvalue weighted by atomic mass is 79.9. The van der Waals surface area contributed by atoms with E-state index in [4.69, 9.17) is 5.26 Å². The Bertz CT molecular complexity index is 901. The highest BCUT2D eigenvalue weighted by molar-refractivity contribution is 9.10. The first-order valence-corrected chi connectivity index (χ1v) is 10.6. The van der Waals surface area contributed by atoms with Gasteiger partial charge in [0, 0.05) is 12.1 Å². The molecular formula is C22H24BrN3O. The Kier molecular flexibility index (Phi) is 4.86. The number of fused-ring (bicyclic) bond motifs is 1. The van der Waals surface area contributed by atoms with Crippen LogP contribution in [0.5, 0.6) is 0 Å². The van der Waals surface area contributed by atoms with Gasteiger partial charge in [-0.2, -0.15) is 5.26 Å². The minimum Gasteiger partial charge on any atom is -0.334 e. The van der Waals surface area contributed by atoms with Crippen molar-refractivity contribution >= 4 is 21.8 Å². The second-order valence-electron chi connectivity index (χ2n) is 7.87. The van der Waals surface area contributed by atoms with E-state index >= 15 is 0 Å². The predicted octanol–water partition coefficient (Wildman–Crippen LogP) is 5.58. The average Bonchev–Trinajstić information content (AvgIpc) is 3.16. The van der Waals surface area contributed by atoms with Gasteiger partial charge in [0.1, 0.15) is 0 Å². The molecule has 140 valence electrons. The van der Waals surface area contributed by atoms with Crippen molar-refractivity contribution in [3.63, 3.8) is 0 Å². The van der Waals surface area contributed by atoms with Crippen molar-refractivity contribution in [2.24, 2.45) is 0 Å². The van der Waals surface area contributed by atoms with Crippen LogP contribution in [-0.2, 0) is 0 Å². The lowest BCUT2D eigenvalue weighted by molar-refractivity contribution is 0.0606. The SMILES string of the molecule is CC(C)n1c(Br)cc2c1C(c1ccc(C#N)cc1)N(C1CCCCC1)C2=O. The van der Waals surface area contributed by atoms with E-state index in [9.17, 15) is 4.79 Å². The number of hydrogen-bond acceptors (Lipinski definition) is 2. The topological polar surface area (TPSA) is 49.0 Å². The van der Waals surface area contributed by atoms with Gasteiger partial charge in [-0.05, 0) is 66.4 Å². The van der Waals surface area contributed by atoms with Crippen LogP contribution in [0, 0.1) is 11.3 Å². The molecule has 1 fully saturated rings. The minimum atomic E-state index is -0.0861. The molecule has 1 amide bonds. The summed E-state index contributed by atoms with van der Waals surface area (Å²) in [5.74, 6) is 0.145. The molecule has 4 rings (SSSR count). The largest absolute Gasteiger partial charge is 0.334 e. The van der Waals surface area contributed by atoms with E-state index in [1.807, 2.05) is 30.3 Å². The third kappa shape index (κ3) is 3.00. The van der Waals surface area contributed by atoms with Gasteiger partial charge < -0.3 is 9.47 Å². The Balaban J connectivity index is 1.86. The Morgan fingerprint density at radius 3 is 2.41 bits per heavy atom. The first-order chi connectivity index (χ1) is 13.0. The maximum Gasteiger partial charge on any atom is 0.256 e. The number of benzene rings is 1. The zero-order chi connectivity index (χ0) is 19.1. The quantitative estimate of drug-likeness (QED) is 0.643. The molecule has 1 aromatic heterocycles. The molecule has 1 aliphatic carbocycles. The molecule has 0 saturated heterocycles. The van der Waals surface area contributed by atoms with Gasteiger partial charge in [-0.1, -0.05) is 31.4 Å². The number of carbonyl (C=O) groups excluding carboxylic acids is 1. The molecule has 0 bridgehead atoms. The van der Waals surface area contributed by atoms with Gasteiger partial charge in [0.15, 0.2) is 0 Å². The summed E-state index contributed by atoms with van der Waals surface area (Å²) < 4.78 is 3.19. The van der Waals surface area contributed by atoms with Gasteiger partial charge in [-0.25, -0.2) is 0 Å². The lowest BCUT2D eigenvalue weighted by atomic mass is 9.92. The lowest BCUT2D eigenvalue weighted by Gasteiger charge is -2.37.